The molecule has 160 valence electrons. The van der Waals surface area contributed by atoms with E-state index in [9.17, 15) is 18.0 Å². The molecule has 2 aromatic carbocycles. The van der Waals surface area contributed by atoms with Crippen LogP contribution < -0.4 is 9.47 Å². The number of halogens is 3. The van der Waals surface area contributed by atoms with Crippen LogP contribution in [0, 0.1) is 0 Å². The van der Waals surface area contributed by atoms with E-state index in [2.05, 4.69) is 14.7 Å². The Balaban J connectivity index is 1.60. The van der Waals surface area contributed by atoms with Gasteiger partial charge in [0.05, 0.1) is 6.54 Å². The van der Waals surface area contributed by atoms with Gasteiger partial charge in [-0.1, -0.05) is 18.2 Å². The number of fused-ring (bicyclic) bond motifs is 1. The molecule has 0 spiro atoms. The molecule has 0 radical (unpaired) electrons. The van der Waals surface area contributed by atoms with Crippen LogP contribution in [0.2, 0.25) is 0 Å². The van der Waals surface area contributed by atoms with Crippen molar-refractivity contribution in [2.45, 2.75) is 25.9 Å². The van der Waals surface area contributed by atoms with E-state index in [1.807, 2.05) is 19.1 Å². The van der Waals surface area contributed by atoms with E-state index in [0.717, 1.165) is 11.1 Å². The molecule has 3 aromatic rings. The first kappa shape index (κ1) is 20.6. The molecule has 1 aliphatic heterocycles. The van der Waals surface area contributed by atoms with E-state index in [4.69, 9.17) is 4.74 Å². The monoisotopic (exact) mass is 429 g/mol. The molecule has 4 rings (SSSR count). The predicted octanol–water partition coefficient (Wildman–Crippen LogP) is 4.47. The van der Waals surface area contributed by atoms with Crippen molar-refractivity contribution in [2.24, 2.45) is 0 Å². The summed E-state index contributed by atoms with van der Waals surface area (Å²) >= 11 is 0. The topological polar surface area (TPSA) is 64.6 Å². The molecule has 0 bridgehead atoms. The van der Waals surface area contributed by atoms with Gasteiger partial charge in [-0.15, -0.1) is 13.2 Å². The summed E-state index contributed by atoms with van der Waals surface area (Å²) < 4.78 is 47.0. The molecule has 9 heteroatoms. The Hall–Kier alpha value is -3.62. The van der Waals surface area contributed by atoms with E-state index < -0.39 is 6.36 Å². The third-order valence-electron chi connectivity index (χ3n) is 4.69. The van der Waals surface area contributed by atoms with Crippen LogP contribution in [0.25, 0.3) is 11.1 Å². The van der Waals surface area contributed by atoms with Gasteiger partial charge in [-0.3, -0.25) is 4.79 Å². The molecule has 31 heavy (non-hydrogen) atoms. The zero-order chi connectivity index (χ0) is 22.0. The normalized spacial score (nSPS) is 16.1. The first-order chi connectivity index (χ1) is 14.8. The Labute approximate surface area is 176 Å². The molecule has 0 saturated carbocycles. The lowest BCUT2D eigenvalue weighted by atomic mass is 10.0. The summed E-state index contributed by atoms with van der Waals surface area (Å²) in [5.41, 5.74) is 2.26. The zero-order valence-corrected chi connectivity index (χ0v) is 16.5. The van der Waals surface area contributed by atoms with Gasteiger partial charge in [-0.05, 0) is 48.4 Å². The Morgan fingerprint density at radius 3 is 2.45 bits per heavy atom. The number of carbonyl (C=O) groups is 1. The van der Waals surface area contributed by atoms with Crippen molar-refractivity contribution in [3.63, 3.8) is 0 Å². The number of rotatable bonds is 3. The van der Waals surface area contributed by atoms with Crippen LogP contribution in [0.3, 0.4) is 0 Å². The van der Waals surface area contributed by atoms with Gasteiger partial charge in [0.2, 0.25) is 5.82 Å². The Morgan fingerprint density at radius 1 is 1.10 bits per heavy atom. The summed E-state index contributed by atoms with van der Waals surface area (Å²) in [4.78, 5) is 22.5. The van der Waals surface area contributed by atoms with Gasteiger partial charge in [0, 0.05) is 24.5 Å². The fraction of sp³-hybridized carbons (Fsp3) is 0.227. The molecule has 1 amide bonds. The molecular weight excluding hydrogens is 411 g/mol. The Kier molecular flexibility index (Phi) is 5.50. The molecule has 1 atom stereocenters. The maximum absolute atomic E-state index is 12.9. The van der Waals surface area contributed by atoms with E-state index in [1.54, 1.807) is 29.2 Å². The fourth-order valence-corrected chi connectivity index (χ4v) is 3.39. The van der Waals surface area contributed by atoms with E-state index in [-0.39, 0.29) is 23.6 Å². The summed E-state index contributed by atoms with van der Waals surface area (Å²) in [7, 11) is 0. The molecule has 1 aliphatic rings. The summed E-state index contributed by atoms with van der Waals surface area (Å²) in [6.45, 7) is 2.53. The number of carbonyl (C=O) groups excluding carboxylic acids is 1. The largest absolute Gasteiger partial charge is 0.573 e. The van der Waals surface area contributed by atoms with Gasteiger partial charge in [-0.25, -0.2) is 9.97 Å². The second kappa shape index (κ2) is 8.25. The van der Waals surface area contributed by atoms with Crippen molar-refractivity contribution in [1.82, 2.24) is 14.9 Å². The van der Waals surface area contributed by atoms with Crippen molar-refractivity contribution in [1.29, 1.82) is 0 Å². The molecule has 2 heterocycles. The Bertz CT molecular complexity index is 1070. The predicted molar refractivity (Wildman–Crippen MR) is 105 cm³/mol. The van der Waals surface area contributed by atoms with Crippen LogP contribution in [-0.2, 0) is 6.54 Å². The van der Waals surface area contributed by atoms with Gasteiger partial charge in [0.25, 0.3) is 5.91 Å². The summed E-state index contributed by atoms with van der Waals surface area (Å²) in [6, 6.07) is 12.7. The maximum atomic E-state index is 12.9. The second-order valence-corrected chi connectivity index (χ2v) is 7.08. The molecule has 6 nitrogen and oxygen atoms in total. The van der Waals surface area contributed by atoms with Crippen LogP contribution in [0.4, 0.5) is 13.2 Å². The number of ether oxygens (including phenoxy) is 2. The molecule has 0 saturated heterocycles. The summed E-state index contributed by atoms with van der Waals surface area (Å²) in [5.74, 6) is 0.165. The second-order valence-electron chi connectivity index (χ2n) is 7.08. The number of alkyl halides is 3. The average Bonchev–Trinajstić information content (AvgIpc) is 2.90. The highest BCUT2D eigenvalue weighted by atomic mass is 19.4. The quantitative estimate of drug-likeness (QED) is 0.615. The first-order valence-corrected chi connectivity index (χ1v) is 9.50. The minimum atomic E-state index is -4.74. The summed E-state index contributed by atoms with van der Waals surface area (Å²) in [6.07, 6.45) is -1.96. The standard InChI is InChI=1S/C22H18F3N3O3/c1-14-12-28(21(29)20-26-9-2-10-27-20)13-17-11-16(5-8-19(17)30-14)15-3-6-18(7-4-15)31-22(23,24)25/h2-11,14H,12-13H2,1H3/t14-/m1/s1. The molecule has 0 unspecified atom stereocenters. The maximum Gasteiger partial charge on any atom is 0.573 e. The third kappa shape index (κ3) is 4.93. The lowest BCUT2D eigenvalue weighted by molar-refractivity contribution is -0.274. The van der Waals surface area contributed by atoms with Gasteiger partial charge in [0.15, 0.2) is 0 Å². The summed E-state index contributed by atoms with van der Waals surface area (Å²) in [5, 5.41) is 0. The minimum absolute atomic E-state index is 0.106. The van der Waals surface area contributed by atoms with Crippen molar-refractivity contribution in [3.05, 3.63) is 72.3 Å². The number of amides is 1. The van der Waals surface area contributed by atoms with Gasteiger partial charge in [-0.2, -0.15) is 0 Å². The highest BCUT2D eigenvalue weighted by Gasteiger charge is 2.31. The number of nitrogens with zero attached hydrogens (tertiary/aromatic N) is 3. The van der Waals surface area contributed by atoms with Crippen LogP contribution in [0.15, 0.2) is 60.9 Å². The minimum Gasteiger partial charge on any atom is -0.489 e. The Morgan fingerprint density at radius 2 is 1.77 bits per heavy atom. The number of hydrogen-bond donors (Lipinski definition) is 0. The molecule has 0 fully saturated rings. The lowest BCUT2D eigenvalue weighted by Gasteiger charge is -2.21. The SMILES string of the molecule is C[C@@H]1CN(C(=O)c2ncccn2)Cc2cc(-c3ccc(OC(F)(F)F)cc3)ccc2O1. The first-order valence-electron chi connectivity index (χ1n) is 9.50. The van der Waals surface area contributed by atoms with Gasteiger partial charge in [0.1, 0.15) is 17.6 Å². The van der Waals surface area contributed by atoms with Crippen molar-refractivity contribution in [3.8, 4) is 22.6 Å². The average molecular weight is 429 g/mol. The van der Waals surface area contributed by atoms with Crippen molar-refractivity contribution >= 4 is 5.91 Å². The lowest BCUT2D eigenvalue weighted by Crippen LogP contribution is -2.36. The van der Waals surface area contributed by atoms with E-state index in [1.165, 1.54) is 24.5 Å². The fourth-order valence-electron chi connectivity index (χ4n) is 3.39. The third-order valence-corrected chi connectivity index (χ3v) is 4.69. The molecule has 0 aliphatic carbocycles. The van der Waals surface area contributed by atoms with E-state index >= 15 is 0 Å². The highest BCUT2D eigenvalue weighted by Crippen LogP contribution is 2.32. The molecular formula is C22H18F3N3O3. The number of benzene rings is 2. The van der Waals surface area contributed by atoms with Gasteiger partial charge >= 0.3 is 6.36 Å². The van der Waals surface area contributed by atoms with Gasteiger partial charge < -0.3 is 14.4 Å². The molecule has 0 N–H and O–H groups in total. The van der Waals surface area contributed by atoms with E-state index in [0.29, 0.717) is 24.4 Å². The highest BCUT2D eigenvalue weighted by molar-refractivity contribution is 5.90. The van der Waals surface area contributed by atoms with Crippen molar-refractivity contribution in [2.75, 3.05) is 6.54 Å². The number of aromatic nitrogens is 2. The van der Waals surface area contributed by atoms with Crippen LogP contribution in [0.1, 0.15) is 23.1 Å². The van der Waals surface area contributed by atoms with Crippen molar-refractivity contribution < 1.29 is 27.4 Å². The van der Waals surface area contributed by atoms with Crippen LogP contribution in [0.5, 0.6) is 11.5 Å². The molecule has 1 aromatic heterocycles. The number of hydrogen-bond acceptors (Lipinski definition) is 5. The smallest absolute Gasteiger partial charge is 0.489 e. The zero-order valence-electron chi connectivity index (χ0n) is 16.5. The van der Waals surface area contributed by atoms with Crippen LogP contribution in [-0.4, -0.2) is 39.8 Å². The van der Waals surface area contributed by atoms with Crippen LogP contribution >= 0.6 is 0 Å².